The Morgan fingerprint density at radius 3 is 2.48 bits per heavy atom. The number of anilines is 2. The van der Waals surface area contributed by atoms with E-state index in [2.05, 4.69) is 16.0 Å². The third-order valence-electron chi connectivity index (χ3n) is 5.10. The van der Waals surface area contributed by atoms with Crippen molar-refractivity contribution in [3.63, 3.8) is 0 Å². The summed E-state index contributed by atoms with van der Waals surface area (Å²) in [5.74, 6) is 0.567. The molecule has 2 amide bonds. The number of fused-ring (bicyclic) bond motifs is 1. The molecule has 1 aliphatic carbocycles. The van der Waals surface area contributed by atoms with E-state index < -0.39 is 0 Å². The van der Waals surface area contributed by atoms with E-state index in [9.17, 15) is 9.59 Å². The van der Waals surface area contributed by atoms with Crippen molar-refractivity contribution in [3.05, 3.63) is 24.3 Å². The van der Waals surface area contributed by atoms with Gasteiger partial charge in [-0.3, -0.25) is 9.59 Å². The van der Waals surface area contributed by atoms with Gasteiger partial charge in [-0.25, -0.2) is 0 Å². The van der Waals surface area contributed by atoms with Crippen molar-refractivity contribution >= 4 is 35.6 Å². The molecule has 0 aromatic heterocycles. The molecule has 3 N–H and O–H groups in total. The van der Waals surface area contributed by atoms with E-state index in [-0.39, 0.29) is 36.2 Å². The van der Waals surface area contributed by atoms with Crippen LogP contribution in [0.3, 0.4) is 0 Å². The molecule has 1 saturated carbocycles. The third-order valence-corrected chi connectivity index (χ3v) is 5.10. The van der Waals surface area contributed by atoms with Crippen molar-refractivity contribution in [3.8, 4) is 0 Å². The SMILES string of the molecule is CC(C)C(=O)Nc1cccc(NC(=O)C2CC3CCCCC3N2)c1.Cl. The molecule has 6 heteroatoms. The fourth-order valence-electron chi connectivity index (χ4n) is 3.71. The summed E-state index contributed by atoms with van der Waals surface area (Å²) in [7, 11) is 0. The van der Waals surface area contributed by atoms with Crippen molar-refractivity contribution in [1.29, 1.82) is 0 Å². The number of halogens is 1. The van der Waals surface area contributed by atoms with Crippen LogP contribution in [0, 0.1) is 11.8 Å². The maximum absolute atomic E-state index is 12.5. The normalized spacial score (nSPS) is 25.0. The molecule has 0 radical (unpaired) electrons. The summed E-state index contributed by atoms with van der Waals surface area (Å²) in [5.41, 5.74) is 1.43. The number of carbonyl (C=O) groups is 2. The second kappa shape index (κ2) is 8.68. The summed E-state index contributed by atoms with van der Waals surface area (Å²) in [6, 6.07) is 7.73. The number of hydrogen-bond acceptors (Lipinski definition) is 3. The number of amides is 2. The van der Waals surface area contributed by atoms with E-state index in [0.29, 0.717) is 17.6 Å². The van der Waals surface area contributed by atoms with Gasteiger partial charge in [-0.15, -0.1) is 12.4 Å². The minimum absolute atomic E-state index is 0. The van der Waals surface area contributed by atoms with Crippen LogP contribution in [-0.2, 0) is 9.59 Å². The first-order valence-electron chi connectivity index (χ1n) is 9.01. The summed E-state index contributed by atoms with van der Waals surface area (Å²) < 4.78 is 0. The summed E-state index contributed by atoms with van der Waals surface area (Å²) in [4.78, 5) is 24.3. The minimum atomic E-state index is -0.105. The van der Waals surface area contributed by atoms with E-state index in [0.717, 1.165) is 12.1 Å². The zero-order chi connectivity index (χ0) is 17.1. The first kappa shape index (κ1) is 19.7. The molecule has 5 nitrogen and oxygen atoms in total. The molecular weight excluding hydrogens is 338 g/mol. The van der Waals surface area contributed by atoms with Crippen LogP contribution >= 0.6 is 12.4 Å². The molecule has 138 valence electrons. The average molecular weight is 366 g/mol. The standard InChI is InChI=1S/C19H27N3O2.ClH/c1-12(2)18(23)20-14-7-5-8-15(11-14)21-19(24)17-10-13-6-3-4-9-16(13)22-17;/h5,7-8,11-13,16-17,22H,3-4,6,9-10H2,1-2H3,(H,20,23)(H,21,24);1H. The van der Waals surface area contributed by atoms with Gasteiger partial charge in [0.1, 0.15) is 0 Å². The Balaban J connectivity index is 0.00000225. The number of carbonyl (C=O) groups excluding carboxylic acids is 2. The lowest BCUT2D eigenvalue weighted by Gasteiger charge is -2.24. The van der Waals surface area contributed by atoms with E-state index >= 15 is 0 Å². The van der Waals surface area contributed by atoms with Crippen LogP contribution in [0.25, 0.3) is 0 Å². The van der Waals surface area contributed by atoms with Crippen molar-refractivity contribution < 1.29 is 9.59 Å². The van der Waals surface area contributed by atoms with Gasteiger partial charge in [0, 0.05) is 23.3 Å². The molecule has 1 aromatic rings. The van der Waals surface area contributed by atoms with Crippen LogP contribution < -0.4 is 16.0 Å². The topological polar surface area (TPSA) is 70.2 Å². The molecule has 2 fully saturated rings. The van der Waals surface area contributed by atoms with Gasteiger partial charge in [0.2, 0.25) is 11.8 Å². The van der Waals surface area contributed by atoms with Crippen molar-refractivity contribution in [2.24, 2.45) is 11.8 Å². The fraction of sp³-hybridized carbons (Fsp3) is 0.579. The lowest BCUT2D eigenvalue weighted by Crippen LogP contribution is -2.39. The zero-order valence-electron chi connectivity index (χ0n) is 14.9. The summed E-state index contributed by atoms with van der Waals surface area (Å²) >= 11 is 0. The van der Waals surface area contributed by atoms with Crippen LogP contribution in [0.2, 0.25) is 0 Å². The van der Waals surface area contributed by atoms with E-state index in [1.54, 1.807) is 6.07 Å². The molecule has 3 atom stereocenters. The van der Waals surface area contributed by atoms with Gasteiger partial charge in [-0.05, 0) is 43.4 Å². The van der Waals surface area contributed by atoms with Gasteiger partial charge in [-0.2, -0.15) is 0 Å². The molecule has 1 aliphatic heterocycles. The Hall–Kier alpha value is -1.59. The maximum atomic E-state index is 12.5. The molecule has 3 rings (SSSR count). The first-order valence-corrected chi connectivity index (χ1v) is 9.01. The van der Waals surface area contributed by atoms with Crippen LogP contribution in [0.4, 0.5) is 11.4 Å². The van der Waals surface area contributed by atoms with Crippen molar-refractivity contribution in [2.45, 2.75) is 58.0 Å². The maximum Gasteiger partial charge on any atom is 0.241 e. The monoisotopic (exact) mass is 365 g/mol. The van der Waals surface area contributed by atoms with Crippen LogP contribution in [0.15, 0.2) is 24.3 Å². The number of benzene rings is 1. The third kappa shape index (κ3) is 4.95. The largest absolute Gasteiger partial charge is 0.326 e. The lowest BCUT2D eigenvalue weighted by molar-refractivity contribution is -0.119. The molecular formula is C19H28ClN3O2. The molecule has 1 heterocycles. The van der Waals surface area contributed by atoms with Crippen LogP contribution in [0.5, 0.6) is 0 Å². The predicted molar refractivity (Wildman–Crippen MR) is 103 cm³/mol. The molecule has 0 bridgehead atoms. The van der Waals surface area contributed by atoms with Gasteiger partial charge in [-0.1, -0.05) is 32.8 Å². The van der Waals surface area contributed by atoms with Gasteiger partial charge in [0.25, 0.3) is 0 Å². The Labute approximate surface area is 155 Å². The molecule has 3 unspecified atom stereocenters. The smallest absolute Gasteiger partial charge is 0.241 e. The molecule has 25 heavy (non-hydrogen) atoms. The van der Waals surface area contributed by atoms with Gasteiger partial charge in [0.15, 0.2) is 0 Å². The highest BCUT2D eigenvalue weighted by atomic mass is 35.5. The summed E-state index contributed by atoms with van der Waals surface area (Å²) in [5, 5.41) is 9.34. The second-order valence-electron chi connectivity index (χ2n) is 7.32. The Bertz CT molecular complexity index is 606. The highest BCUT2D eigenvalue weighted by Crippen LogP contribution is 2.33. The summed E-state index contributed by atoms with van der Waals surface area (Å²) in [6.07, 6.45) is 5.90. The van der Waals surface area contributed by atoms with Crippen LogP contribution in [-0.4, -0.2) is 23.9 Å². The fourth-order valence-corrected chi connectivity index (χ4v) is 3.71. The molecule has 2 aliphatic rings. The molecule has 1 aromatic carbocycles. The molecule has 1 saturated heterocycles. The van der Waals surface area contributed by atoms with Crippen molar-refractivity contribution in [2.75, 3.05) is 10.6 Å². The predicted octanol–water partition coefficient (Wildman–Crippen LogP) is 3.56. The van der Waals surface area contributed by atoms with Gasteiger partial charge in [0.05, 0.1) is 6.04 Å². The van der Waals surface area contributed by atoms with Crippen LogP contribution in [0.1, 0.15) is 46.0 Å². The van der Waals surface area contributed by atoms with Gasteiger partial charge >= 0.3 is 0 Å². The highest BCUT2D eigenvalue weighted by Gasteiger charge is 2.38. The number of hydrogen-bond donors (Lipinski definition) is 3. The number of rotatable bonds is 4. The Morgan fingerprint density at radius 2 is 1.80 bits per heavy atom. The Morgan fingerprint density at radius 1 is 1.12 bits per heavy atom. The summed E-state index contributed by atoms with van der Waals surface area (Å²) in [6.45, 7) is 3.71. The first-order chi connectivity index (χ1) is 11.5. The number of nitrogens with one attached hydrogen (secondary N) is 3. The Kier molecular flexibility index (Phi) is 6.85. The van der Waals surface area contributed by atoms with E-state index in [1.165, 1.54) is 25.7 Å². The molecule has 0 spiro atoms. The zero-order valence-corrected chi connectivity index (χ0v) is 15.7. The van der Waals surface area contributed by atoms with Crippen molar-refractivity contribution in [1.82, 2.24) is 5.32 Å². The second-order valence-corrected chi connectivity index (χ2v) is 7.32. The quantitative estimate of drug-likeness (QED) is 0.764. The van der Waals surface area contributed by atoms with Gasteiger partial charge < -0.3 is 16.0 Å². The lowest BCUT2D eigenvalue weighted by atomic mass is 9.85. The van der Waals surface area contributed by atoms with E-state index in [1.807, 2.05) is 32.0 Å². The van der Waals surface area contributed by atoms with E-state index in [4.69, 9.17) is 0 Å². The minimum Gasteiger partial charge on any atom is -0.326 e. The average Bonchev–Trinajstić information content (AvgIpc) is 2.99. The highest BCUT2D eigenvalue weighted by molar-refractivity contribution is 5.97.